The monoisotopic (exact) mass is 447 g/mol. The van der Waals surface area contributed by atoms with Gasteiger partial charge in [-0.2, -0.15) is 0 Å². The topological polar surface area (TPSA) is 22.8 Å². The lowest BCUT2D eigenvalue weighted by Gasteiger charge is -2.29. The first-order valence-corrected chi connectivity index (χ1v) is 12.2. The van der Waals surface area contributed by atoms with Crippen LogP contribution in [0.3, 0.4) is 0 Å². The summed E-state index contributed by atoms with van der Waals surface area (Å²) in [5, 5.41) is 5.11. The standard InChI is InChI=1S/C31H22BN3/c1-19-8-5-10-21-22-11-6-9-20(2)30(22)35(29(19)21)32-25-13-3-4-15-28(25)34-27-16-17-33-18-24(27)23-12-7-14-26(32)31(23)34/h3-18H,1-2H3. The molecule has 1 aliphatic rings. The molecule has 0 atom stereocenters. The van der Waals surface area contributed by atoms with E-state index in [-0.39, 0.29) is 6.85 Å². The van der Waals surface area contributed by atoms with Crippen LogP contribution in [-0.4, -0.2) is 20.9 Å². The summed E-state index contributed by atoms with van der Waals surface area (Å²) < 4.78 is 5.06. The number of pyridine rings is 1. The summed E-state index contributed by atoms with van der Waals surface area (Å²) in [6.07, 6.45) is 3.91. The average Bonchev–Trinajstić information content (AvgIpc) is 3.41. The van der Waals surface area contributed by atoms with Crippen molar-refractivity contribution in [2.45, 2.75) is 13.8 Å². The molecule has 0 fully saturated rings. The van der Waals surface area contributed by atoms with Crippen LogP contribution in [-0.2, 0) is 0 Å². The summed E-state index contributed by atoms with van der Waals surface area (Å²) in [6, 6.07) is 31.2. The molecule has 0 amide bonds. The second-order valence-electron chi connectivity index (χ2n) is 9.75. The van der Waals surface area contributed by atoms with Crippen LogP contribution in [0.25, 0.3) is 49.3 Å². The Morgan fingerprint density at radius 2 is 1.23 bits per heavy atom. The number of aromatic nitrogens is 3. The molecule has 7 aromatic rings. The summed E-state index contributed by atoms with van der Waals surface area (Å²) in [6.45, 7) is 4.55. The highest BCUT2D eigenvalue weighted by molar-refractivity contribution is 6.88. The van der Waals surface area contributed by atoms with Gasteiger partial charge in [0, 0.05) is 50.7 Å². The van der Waals surface area contributed by atoms with Crippen molar-refractivity contribution < 1.29 is 0 Å². The summed E-state index contributed by atoms with van der Waals surface area (Å²) in [7, 11) is 0. The van der Waals surface area contributed by atoms with E-state index in [9.17, 15) is 0 Å². The van der Waals surface area contributed by atoms with Gasteiger partial charge in [-0.1, -0.05) is 72.8 Å². The molecule has 0 saturated carbocycles. The highest BCUT2D eigenvalue weighted by atomic mass is 15.0. The number of fused-ring (bicyclic) bond motifs is 8. The van der Waals surface area contributed by atoms with E-state index < -0.39 is 0 Å². The zero-order chi connectivity index (χ0) is 23.3. The number of para-hydroxylation sites is 4. The zero-order valence-electron chi connectivity index (χ0n) is 19.7. The lowest BCUT2D eigenvalue weighted by Crippen LogP contribution is -2.53. The smallest absolute Gasteiger partial charge is 0.332 e. The number of hydrogen-bond donors (Lipinski definition) is 0. The molecule has 0 N–H and O–H groups in total. The Morgan fingerprint density at radius 3 is 1.97 bits per heavy atom. The molecule has 3 nitrogen and oxygen atoms in total. The van der Waals surface area contributed by atoms with Crippen molar-refractivity contribution in [1.82, 2.24) is 14.0 Å². The Kier molecular flexibility index (Phi) is 3.61. The lowest BCUT2D eigenvalue weighted by atomic mass is 9.48. The third-order valence-electron chi connectivity index (χ3n) is 7.89. The first-order valence-electron chi connectivity index (χ1n) is 12.2. The van der Waals surface area contributed by atoms with Crippen LogP contribution in [0.4, 0.5) is 0 Å². The maximum Gasteiger partial charge on any atom is 0.332 e. The Labute approximate surface area is 203 Å². The molecule has 0 aliphatic carbocycles. The number of benzene rings is 4. The molecule has 0 unspecified atom stereocenters. The predicted molar refractivity (Wildman–Crippen MR) is 148 cm³/mol. The van der Waals surface area contributed by atoms with Gasteiger partial charge < -0.3 is 9.05 Å². The molecule has 35 heavy (non-hydrogen) atoms. The van der Waals surface area contributed by atoms with Crippen LogP contribution >= 0.6 is 0 Å². The summed E-state index contributed by atoms with van der Waals surface area (Å²) >= 11 is 0. The number of nitrogens with zero attached hydrogens (tertiary/aromatic N) is 3. The molecule has 4 aromatic carbocycles. The highest BCUT2D eigenvalue weighted by Crippen LogP contribution is 2.37. The summed E-state index contributed by atoms with van der Waals surface area (Å²) in [5.74, 6) is 0. The van der Waals surface area contributed by atoms with Crippen molar-refractivity contribution in [3.63, 3.8) is 0 Å². The minimum atomic E-state index is 0.0712. The van der Waals surface area contributed by atoms with Gasteiger partial charge in [0.15, 0.2) is 0 Å². The van der Waals surface area contributed by atoms with E-state index in [1.54, 1.807) is 0 Å². The second kappa shape index (κ2) is 6.64. The maximum atomic E-state index is 4.47. The van der Waals surface area contributed by atoms with E-state index in [2.05, 4.69) is 113 Å². The lowest BCUT2D eigenvalue weighted by molar-refractivity contribution is 1.17. The normalized spacial score (nSPS) is 12.8. The van der Waals surface area contributed by atoms with E-state index in [1.807, 2.05) is 12.4 Å². The Morgan fingerprint density at radius 1 is 0.600 bits per heavy atom. The van der Waals surface area contributed by atoms with Gasteiger partial charge in [-0.25, -0.2) is 0 Å². The van der Waals surface area contributed by atoms with Crippen molar-refractivity contribution in [2.75, 3.05) is 0 Å². The number of hydrogen-bond acceptors (Lipinski definition) is 1. The summed E-state index contributed by atoms with van der Waals surface area (Å²) in [5.41, 5.74) is 11.7. The number of rotatable bonds is 1. The SMILES string of the molecule is Cc1cccc2c3cccc(C)c3n(B3c4ccccc4-n4c5ccncc5c5cccc3c54)c12. The van der Waals surface area contributed by atoms with Gasteiger partial charge in [0.1, 0.15) is 0 Å². The predicted octanol–water partition coefficient (Wildman–Crippen LogP) is 5.87. The van der Waals surface area contributed by atoms with Crippen molar-refractivity contribution in [3.05, 3.63) is 108 Å². The van der Waals surface area contributed by atoms with Crippen molar-refractivity contribution in [2.24, 2.45) is 0 Å². The van der Waals surface area contributed by atoms with Gasteiger partial charge in [-0.15, -0.1) is 0 Å². The van der Waals surface area contributed by atoms with E-state index in [0.717, 1.165) is 0 Å². The van der Waals surface area contributed by atoms with Gasteiger partial charge in [-0.3, -0.25) is 4.98 Å². The van der Waals surface area contributed by atoms with Gasteiger partial charge in [-0.05, 0) is 48.0 Å². The first kappa shape index (κ1) is 19.0. The fourth-order valence-corrected chi connectivity index (χ4v) is 6.54. The molecular formula is C31H22BN3. The van der Waals surface area contributed by atoms with Crippen LogP contribution in [0.2, 0.25) is 0 Å². The molecule has 0 radical (unpaired) electrons. The Hall–Kier alpha value is -4.31. The average molecular weight is 447 g/mol. The summed E-state index contributed by atoms with van der Waals surface area (Å²) in [4.78, 5) is 4.47. The van der Waals surface area contributed by atoms with Crippen LogP contribution in [0, 0.1) is 13.8 Å². The van der Waals surface area contributed by atoms with Crippen LogP contribution in [0.5, 0.6) is 0 Å². The minimum absolute atomic E-state index is 0.0712. The Bertz CT molecular complexity index is 1930. The largest absolute Gasteiger partial charge is 0.375 e. The molecule has 0 bridgehead atoms. The van der Waals surface area contributed by atoms with Crippen molar-refractivity contribution >= 4 is 61.4 Å². The van der Waals surface area contributed by atoms with Gasteiger partial charge in [0.2, 0.25) is 0 Å². The van der Waals surface area contributed by atoms with Gasteiger partial charge in [0.05, 0.1) is 11.0 Å². The third-order valence-corrected chi connectivity index (χ3v) is 7.89. The molecule has 3 aromatic heterocycles. The van der Waals surface area contributed by atoms with E-state index in [0.29, 0.717) is 0 Å². The molecular weight excluding hydrogens is 425 g/mol. The van der Waals surface area contributed by atoms with Gasteiger partial charge >= 0.3 is 6.85 Å². The molecule has 4 heterocycles. The quantitative estimate of drug-likeness (QED) is 0.289. The second-order valence-corrected chi connectivity index (χ2v) is 9.75. The van der Waals surface area contributed by atoms with E-state index in [1.165, 1.54) is 71.4 Å². The van der Waals surface area contributed by atoms with Crippen LogP contribution in [0.1, 0.15) is 11.1 Å². The zero-order valence-corrected chi connectivity index (χ0v) is 19.7. The molecule has 4 heteroatoms. The third kappa shape index (κ3) is 2.29. The molecule has 8 rings (SSSR count). The van der Waals surface area contributed by atoms with E-state index in [4.69, 9.17) is 0 Å². The van der Waals surface area contributed by atoms with Crippen molar-refractivity contribution in [1.29, 1.82) is 0 Å². The molecule has 0 spiro atoms. The highest BCUT2D eigenvalue weighted by Gasteiger charge is 2.36. The minimum Gasteiger partial charge on any atom is -0.375 e. The molecule has 164 valence electrons. The molecule has 1 aliphatic heterocycles. The first-order chi connectivity index (χ1) is 17.2. The van der Waals surface area contributed by atoms with Crippen LogP contribution in [0.15, 0.2) is 97.3 Å². The maximum absolute atomic E-state index is 4.47. The van der Waals surface area contributed by atoms with Gasteiger partial charge in [0.25, 0.3) is 0 Å². The van der Waals surface area contributed by atoms with E-state index >= 15 is 0 Å². The van der Waals surface area contributed by atoms with Crippen molar-refractivity contribution in [3.8, 4) is 5.69 Å². The fourth-order valence-electron chi connectivity index (χ4n) is 6.54. The fraction of sp³-hybridized carbons (Fsp3) is 0.0645. The molecule has 0 saturated heterocycles. The Balaban J connectivity index is 1.64. The number of aryl methyl sites for hydroxylation is 2. The van der Waals surface area contributed by atoms with Crippen LogP contribution < -0.4 is 10.9 Å².